The third-order valence-corrected chi connectivity index (χ3v) is 1.52. The minimum atomic E-state index is -1.08. The Morgan fingerprint density at radius 1 is 1.29 bits per heavy atom. The van der Waals surface area contributed by atoms with E-state index < -0.39 is 12.0 Å². The lowest BCUT2D eigenvalue weighted by Gasteiger charge is -2.05. The van der Waals surface area contributed by atoms with Crippen LogP contribution in [0.5, 0.6) is 5.75 Å². The highest BCUT2D eigenvalue weighted by Crippen LogP contribution is 2.14. The molecule has 0 saturated heterocycles. The molecule has 1 aromatic rings. The van der Waals surface area contributed by atoms with Crippen molar-refractivity contribution >= 4 is 18.4 Å². The molecule has 1 atom stereocenters. The Kier molecular flexibility index (Phi) is 7.17. The van der Waals surface area contributed by atoms with Crippen molar-refractivity contribution in [3.63, 3.8) is 0 Å². The van der Waals surface area contributed by atoms with Crippen molar-refractivity contribution in [3.05, 3.63) is 29.8 Å². The van der Waals surface area contributed by atoms with Crippen LogP contribution >= 0.6 is 12.4 Å². The SMILES string of the molecule is Cl.NC(C(=O)O)c1ccc(O)cc1.[Cl-]. The summed E-state index contributed by atoms with van der Waals surface area (Å²) in [5.74, 6) is -0.989. The predicted octanol–water partition coefficient (Wildman–Crippen LogP) is -2.10. The summed E-state index contributed by atoms with van der Waals surface area (Å²) < 4.78 is 0. The number of aliphatic carboxylic acids is 1. The second-order valence-corrected chi connectivity index (χ2v) is 2.41. The summed E-state index contributed by atoms with van der Waals surface area (Å²) in [4.78, 5) is 10.4. The van der Waals surface area contributed by atoms with Gasteiger partial charge in [-0.1, -0.05) is 12.1 Å². The van der Waals surface area contributed by atoms with Crippen LogP contribution in [0.3, 0.4) is 0 Å². The van der Waals surface area contributed by atoms with Gasteiger partial charge in [-0.3, -0.25) is 4.79 Å². The van der Waals surface area contributed by atoms with Crippen molar-refractivity contribution in [2.75, 3.05) is 0 Å². The van der Waals surface area contributed by atoms with Gasteiger partial charge in [-0.25, -0.2) is 0 Å². The van der Waals surface area contributed by atoms with E-state index in [0.717, 1.165) is 0 Å². The topological polar surface area (TPSA) is 83.6 Å². The van der Waals surface area contributed by atoms with Gasteiger partial charge in [-0.15, -0.1) is 12.4 Å². The van der Waals surface area contributed by atoms with Gasteiger partial charge in [0.1, 0.15) is 11.8 Å². The Hall–Kier alpha value is -0.970. The molecule has 0 aliphatic heterocycles. The number of rotatable bonds is 2. The van der Waals surface area contributed by atoms with Gasteiger partial charge in [0.25, 0.3) is 0 Å². The lowest BCUT2D eigenvalue weighted by Crippen LogP contribution is -3.00. The van der Waals surface area contributed by atoms with Gasteiger partial charge in [-0.05, 0) is 17.7 Å². The number of carboxylic acids is 1. The van der Waals surface area contributed by atoms with Gasteiger partial charge in [0, 0.05) is 0 Å². The van der Waals surface area contributed by atoms with E-state index in [-0.39, 0.29) is 30.6 Å². The molecule has 1 unspecified atom stereocenters. The molecule has 0 fully saturated rings. The molecule has 0 heterocycles. The van der Waals surface area contributed by atoms with Gasteiger partial charge in [0.2, 0.25) is 0 Å². The number of hydrogen-bond donors (Lipinski definition) is 3. The molecule has 14 heavy (non-hydrogen) atoms. The lowest BCUT2D eigenvalue weighted by atomic mass is 10.1. The molecular weight excluding hydrogens is 229 g/mol. The molecule has 1 rings (SSSR count). The summed E-state index contributed by atoms with van der Waals surface area (Å²) in [6, 6.07) is 4.74. The first-order chi connectivity index (χ1) is 5.61. The van der Waals surface area contributed by atoms with E-state index in [2.05, 4.69) is 0 Å². The lowest BCUT2D eigenvalue weighted by molar-refractivity contribution is -0.138. The second kappa shape index (κ2) is 6.48. The highest BCUT2D eigenvalue weighted by Gasteiger charge is 2.13. The smallest absolute Gasteiger partial charge is 0.325 e. The van der Waals surface area contributed by atoms with Crippen LogP contribution in [0.15, 0.2) is 24.3 Å². The molecule has 0 bridgehead atoms. The van der Waals surface area contributed by atoms with Crippen molar-refractivity contribution < 1.29 is 27.4 Å². The minimum Gasteiger partial charge on any atom is -1.00 e. The number of hydrogen-bond acceptors (Lipinski definition) is 3. The average molecular weight is 239 g/mol. The van der Waals surface area contributed by atoms with Gasteiger partial charge >= 0.3 is 5.97 Å². The Labute approximate surface area is 93.6 Å². The number of nitrogens with two attached hydrogens (primary N) is 1. The maximum atomic E-state index is 10.4. The van der Waals surface area contributed by atoms with Crippen molar-refractivity contribution in [1.82, 2.24) is 0 Å². The fraction of sp³-hybridized carbons (Fsp3) is 0.125. The summed E-state index contributed by atoms with van der Waals surface area (Å²) >= 11 is 0. The van der Waals surface area contributed by atoms with E-state index in [9.17, 15) is 4.79 Å². The number of aromatic hydroxyl groups is 1. The summed E-state index contributed by atoms with van der Waals surface area (Å²) in [5, 5.41) is 17.4. The zero-order chi connectivity index (χ0) is 9.14. The van der Waals surface area contributed by atoms with Crippen molar-refractivity contribution in [1.29, 1.82) is 0 Å². The number of phenols is 1. The van der Waals surface area contributed by atoms with Crippen molar-refractivity contribution in [3.8, 4) is 5.75 Å². The summed E-state index contributed by atoms with van der Waals surface area (Å²) in [7, 11) is 0. The molecule has 0 saturated carbocycles. The van der Waals surface area contributed by atoms with E-state index >= 15 is 0 Å². The summed E-state index contributed by atoms with van der Waals surface area (Å²) in [5.41, 5.74) is 5.78. The zero-order valence-electron chi connectivity index (χ0n) is 7.05. The molecular formula is C8H10Cl2NO3-. The largest absolute Gasteiger partial charge is 1.00 e. The predicted molar refractivity (Wildman–Crippen MR) is 49.9 cm³/mol. The molecule has 4 N–H and O–H groups in total. The van der Waals surface area contributed by atoms with Crippen LogP contribution in [0.4, 0.5) is 0 Å². The van der Waals surface area contributed by atoms with E-state index in [1.807, 2.05) is 0 Å². The minimum absolute atomic E-state index is 0. The Morgan fingerprint density at radius 3 is 2.07 bits per heavy atom. The highest BCUT2D eigenvalue weighted by atomic mass is 35.5. The van der Waals surface area contributed by atoms with Gasteiger partial charge in [0.05, 0.1) is 0 Å². The van der Waals surface area contributed by atoms with E-state index in [1.54, 1.807) is 0 Å². The Bertz CT molecular complexity index is 289. The molecule has 4 nitrogen and oxygen atoms in total. The molecule has 6 heteroatoms. The average Bonchev–Trinajstić information content (AvgIpc) is 2.04. The first-order valence-electron chi connectivity index (χ1n) is 3.38. The third-order valence-electron chi connectivity index (χ3n) is 1.52. The fourth-order valence-corrected chi connectivity index (χ4v) is 0.824. The maximum absolute atomic E-state index is 10.4. The standard InChI is InChI=1S/C8H9NO3.2ClH/c9-7(8(11)12)5-1-3-6(10)4-2-5;;/h1-4,7,10H,9H2,(H,11,12);2*1H/p-1. The fourth-order valence-electron chi connectivity index (χ4n) is 0.824. The first-order valence-corrected chi connectivity index (χ1v) is 3.38. The monoisotopic (exact) mass is 238 g/mol. The molecule has 0 aliphatic carbocycles. The molecule has 1 aromatic carbocycles. The summed E-state index contributed by atoms with van der Waals surface area (Å²) in [6.07, 6.45) is 0. The Balaban J connectivity index is 0. The second-order valence-electron chi connectivity index (χ2n) is 2.41. The van der Waals surface area contributed by atoms with Crippen LogP contribution in [-0.4, -0.2) is 16.2 Å². The molecule has 0 spiro atoms. The quantitative estimate of drug-likeness (QED) is 0.552. The number of carboxylic acid groups (broad SMARTS) is 1. The number of carbonyl (C=O) groups is 1. The first kappa shape index (κ1) is 15.5. The van der Waals surface area contributed by atoms with E-state index in [4.69, 9.17) is 15.9 Å². The van der Waals surface area contributed by atoms with Crippen LogP contribution in [0.1, 0.15) is 11.6 Å². The van der Waals surface area contributed by atoms with Crippen molar-refractivity contribution in [2.24, 2.45) is 5.73 Å². The van der Waals surface area contributed by atoms with Crippen LogP contribution in [0.2, 0.25) is 0 Å². The van der Waals surface area contributed by atoms with Crippen molar-refractivity contribution in [2.45, 2.75) is 6.04 Å². The zero-order valence-corrected chi connectivity index (χ0v) is 8.63. The van der Waals surface area contributed by atoms with E-state index in [1.165, 1.54) is 24.3 Å². The van der Waals surface area contributed by atoms with E-state index in [0.29, 0.717) is 5.56 Å². The molecule has 0 amide bonds. The highest BCUT2D eigenvalue weighted by molar-refractivity contribution is 5.85. The van der Waals surface area contributed by atoms with Crippen LogP contribution < -0.4 is 18.1 Å². The molecule has 0 aliphatic rings. The van der Waals surface area contributed by atoms with Crippen LogP contribution in [-0.2, 0) is 4.79 Å². The van der Waals surface area contributed by atoms with Crippen LogP contribution in [0.25, 0.3) is 0 Å². The number of halogens is 2. The summed E-state index contributed by atoms with van der Waals surface area (Å²) in [6.45, 7) is 0. The van der Waals surface area contributed by atoms with Crippen LogP contribution in [0, 0.1) is 0 Å². The molecule has 0 radical (unpaired) electrons. The maximum Gasteiger partial charge on any atom is 0.325 e. The molecule has 80 valence electrons. The normalized spacial score (nSPS) is 10.6. The third kappa shape index (κ3) is 3.83. The molecule has 0 aromatic heterocycles. The number of benzene rings is 1. The number of phenolic OH excluding ortho intramolecular Hbond substituents is 1. The van der Waals surface area contributed by atoms with Gasteiger partial charge < -0.3 is 28.4 Å². The van der Waals surface area contributed by atoms with Gasteiger partial charge in [-0.2, -0.15) is 0 Å². The van der Waals surface area contributed by atoms with Gasteiger partial charge in [0.15, 0.2) is 0 Å². The Morgan fingerprint density at radius 2 is 1.71 bits per heavy atom.